The fraction of sp³-hybridized carbons (Fsp3) is 0.320. The van der Waals surface area contributed by atoms with E-state index in [-0.39, 0.29) is 12.0 Å². The third-order valence-corrected chi connectivity index (χ3v) is 6.18. The lowest BCUT2D eigenvalue weighted by Crippen LogP contribution is -2.31. The monoisotopic (exact) mass is 436 g/mol. The van der Waals surface area contributed by atoms with Gasteiger partial charge in [-0.2, -0.15) is 0 Å². The van der Waals surface area contributed by atoms with E-state index in [1.807, 2.05) is 42.5 Å². The van der Waals surface area contributed by atoms with Crippen LogP contribution in [0.1, 0.15) is 30.5 Å². The zero-order valence-electron chi connectivity index (χ0n) is 17.3. The van der Waals surface area contributed by atoms with E-state index in [1.54, 1.807) is 0 Å². The molecule has 5 rings (SSSR count). The molecule has 31 heavy (non-hydrogen) atoms. The number of carbonyl (C=O) groups is 1. The van der Waals surface area contributed by atoms with Gasteiger partial charge in [0, 0.05) is 47.1 Å². The predicted molar refractivity (Wildman–Crippen MR) is 121 cm³/mol. The Hall–Kier alpha value is -2.76. The average Bonchev–Trinajstić information content (AvgIpc) is 3.44. The number of para-hydroxylation sites is 1. The van der Waals surface area contributed by atoms with Gasteiger partial charge < -0.3 is 19.4 Å². The van der Waals surface area contributed by atoms with Crippen LogP contribution in [-0.4, -0.2) is 29.7 Å². The second kappa shape index (κ2) is 8.77. The molecule has 2 aliphatic rings. The number of hydrogen-bond donors (Lipinski definition) is 1. The van der Waals surface area contributed by atoms with E-state index in [4.69, 9.17) is 21.1 Å². The first-order valence-electron chi connectivity index (χ1n) is 10.8. The lowest BCUT2D eigenvalue weighted by Gasteiger charge is -2.21. The molecule has 3 aromatic rings. The molecule has 160 valence electrons. The van der Waals surface area contributed by atoms with Crippen LogP contribution in [0.3, 0.4) is 0 Å². The van der Waals surface area contributed by atoms with Gasteiger partial charge in [0.05, 0.1) is 11.8 Å². The molecule has 2 aromatic carbocycles. The molecular weight excluding hydrogens is 412 g/mol. The Morgan fingerprint density at radius 1 is 1.16 bits per heavy atom. The third-order valence-electron chi connectivity index (χ3n) is 5.93. The van der Waals surface area contributed by atoms with Crippen LogP contribution in [0.25, 0.3) is 16.9 Å². The number of rotatable bonds is 6. The maximum Gasteiger partial charge on any atom is 0.220 e. The van der Waals surface area contributed by atoms with E-state index in [1.165, 1.54) is 0 Å². The predicted octanol–water partition coefficient (Wildman–Crippen LogP) is 4.92. The van der Waals surface area contributed by atoms with Crippen LogP contribution in [0.2, 0.25) is 5.02 Å². The van der Waals surface area contributed by atoms with Crippen molar-refractivity contribution in [1.82, 2.24) is 9.88 Å². The Labute approximate surface area is 186 Å². The quantitative estimate of drug-likeness (QED) is 0.596. The van der Waals surface area contributed by atoms with Crippen molar-refractivity contribution in [1.29, 1.82) is 0 Å². The van der Waals surface area contributed by atoms with Crippen LogP contribution in [0.4, 0.5) is 0 Å². The molecule has 0 bridgehead atoms. The SMILES string of the molecule is O=C(CCc1cc2c(n1-c1ccc(Cl)cc1)-c1ccccc1OC2)NCC1CCCO1. The highest BCUT2D eigenvalue weighted by molar-refractivity contribution is 6.30. The summed E-state index contributed by atoms with van der Waals surface area (Å²) in [6, 6.07) is 18.1. The number of ether oxygens (including phenoxy) is 2. The van der Waals surface area contributed by atoms with Crippen LogP contribution in [0, 0.1) is 0 Å². The standard InChI is InChI=1S/C25H25ClN2O3/c26-18-7-9-19(10-8-18)28-20(11-12-24(29)27-15-21-4-3-13-30-21)14-17-16-31-23-6-2-1-5-22(23)25(17)28/h1-2,5-10,14,21H,3-4,11-13,15-16H2,(H,27,29). The van der Waals surface area contributed by atoms with E-state index >= 15 is 0 Å². The molecule has 2 aliphatic heterocycles. The van der Waals surface area contributed by atoms with Crippen molar-refractivity contribution >= 4 is 17.5 Å². The first-order valence-corrected chi connectivity index (χ1v) is 11.2. The van der Waals surface area contributed by atoms with Crippen LogP contribution >= 0.6 is 11.6 Å². The molecule has 0 spiro atoms. The van der Waals surface area contributed by atoms with Crippen LogP contribution < -0.4 is 10.1 Å². The summed E-state index contributed by atoms with van der Waals surface area (Å²) in [5.74, 6) is 0.929. The molecule has 1 N–H and O–H groups in total. The van der Waals surface area contributed by atoms with Crippen LogP contribution in [0.15, 0.2) is 54.6 Å². The first kappa shape index (κ1) is 20.2. The molecule has 1 amide bonds. The summed E-state index contributed by atoms with van der Waals surface area (Å²) in [6.45, 7) is 1.91. The topological polar surface area (TPSA) is 52.5 Å². The second-order valence-electron chi connectivity index (χ2n) is 8.05. The summed E-state index contributed by atoms with van der Waals surface area (Å²) in [5.41, 5.74) is 5.42. The Balaban J connectivity index is 1.43. The molecule has 0 aliphatic carbocycles. The number of amides is 1. The highest BCUT2D eigenvalue weighted by Gasteiger charge is 2.25. The smallest absolute Gasteiger partial charge is 0.220 e. The van der Waals surface area contributed by atoms with E-state index in [2.05, 4.69) is 22.0 Å². The fourth-order valence-electron chi connectivity index (χ4n) is 4.40. The van der Waals surface area contributed by atoms with Crippen molar-refractivity contribution in [3.63, 3.8) is 0 Å². The molecule has 1 fully saturated rings. The molecule has 0 radical (unpaired) electrons. The van der Waals surface area contributed by atoms with Crippen molar-refractivity contribution in [3.05, 3.63) is 70.9 Å². The van der Waals surface area contributed by atoms with Gasteiger partial charge in [0.15, 0.2) is 0 Å². The number of fused-ring (bicyclic) bond motifs is 3. The number of nitrogens with one attached hydrogen (secondary N) is 1. The summed E-state index contributed by atoms with van der Waals surface area (Å²) < 4.78 is 13.8. The van der Waals surface area contributed by atoms with Gasteiger partial charge in [0.2, 0.25) is 5.91 Å². The molecule has 1 atom stereocenters. The average molecular weight is 437 g/mol. The van der Waals surface area contributed by atoms with E-state index in [0.717, 1.165) is 53.4 Å². The molecule has 3 heterocycles. The maximum absolute atomic E-state index is 12.5. The van der Waals surface area contributed by atoms with Gasteiger partial charge in [-0.3, -0.25) is 4.79 Å². The third kappa shape index (κ3) is 4.21. The van der Waals surface area contributed by atoms with Crippen molar-refractivity contribution in [3.8, 4) is 22.7 Å². The lowest BCUT2D eigenvalue weighted by atomic mass is 10.0. The van der Waals surface area contributed by atoms with Crippen molar-refractivity contribution in [2.75, 3.05) is 13.2 Å². The van der Waals surface area contributed by atoms with E-state index in [9.17, 15) is 4.79 Å². The van der Waals surface area contributed by atoms with Gasteiger partial charge in [0.1, 0.15) is 12.4 Å². The Morgan fingerprint density at radius 2 is 2.00 bits per heavy atom. The van der Waals surface area contributed by atoms with E-state index in [0.29, 0.717) is 31.0 Å². The number of aryl methyl sites for hydroxylation is 1. The lowest BCUT2D eigenvalue weighted by molar-refractivity contribution is -0.121. The molecule has 1 aromatic heterocycles. The summed E-state index contributed by atoms with van der Waals surface area (Å²) in [5, 5.41) is 3.72. The summed E-state index contributed by atoms with van der Waals surface area (Å²) in [7, 11) is 0. The number of carbonyl (C=O) groups excluding carboxylic acids is 1. The summed E-state index contributed by atoms with van der Waals surface area (Å²) >= 11 is 6.14. The van der Waals surface area contributed by atoms with Crippen molar-refractivity contribution in [2.24, 2.45) is 0 Å². The number of benzene rings is 2. The number of hydrogen-bond acceptors (Lipinski definition) is 3. The molecule has 6 heteroatoms. The minimum Gasteiger partial charge on any atom is -0.488 e. The Kier molecular flexibility index (Phi) is 5.70. The zero-order chi connectivity index (χ0) is 21.2. The molecule has 1 saturated heterocycles. The second-order valence-corrected chi connectivity index (χ2v) is 8.48. The van der Waals surface area contributed by atoms with Gasteiger partial charge >= 0.3 is 0 Å². The van der Waals surface area contributed by atoms with Crippen LogP contribution in [0.5, 0.6) is 5.75 Å². The van der Waals surface area contributed by atoms with Crippen LogP contribution in [-0.2, 0) is 22.6 Å². The van der Waals surface area contributed by atoms with Crippen molar-refractivity contribution < 1.29 is 14.3 Å². The normalized spacial score (nSPS) is 17.0. The summed E-state index contributed by atoms with van der Waals surface area (Å²) in [4.78, 5) is 12.5. The minimum absolute atomic E-state index is 0.0500. The maximum atomic E-state index is 12.5. The molecular formula is C25H25ClN2O3. The minimum atomic E-state index is 0.0500. The van der Waals surface area contributed by atoms with Gasteiger partial charge in [0.25, 0.3) is 0 Å². The Bertz CT molecular complexity index is 1080. The number of halogens is 1. The first-order chi connectivity index (χ1) is 15.2. The van der Waals surface area contributed by atoms with Gasteiger partial charge in [-0.25, -0.2) is 0 Å². The number of aromatic nitrogens is 1. The zero-order valence-corrected chi connectivity index (χ0v) is 18.0. The van der Waals surface area contributed by atoms with Gasteiger partial charge in [-0.15, -0.1) is 0 Å². The van der Waals surface area contributed by atoms with E-state index < -0.39 is 0 Å². The molecule has 1 unspecified atom stereocenters. The summed E-state index contributed by atoms with van der Waals surface area (Å²) in [6.07, 6.45) is 3.31. The Morgan fingerprint density at radius 3 is 2.81 bits per heavy atom. The fourth-order valence-corrected chi connectivity index (χ4v) is 4.53. The van der Waals surface area contributed by atoms with Gasteiger partial charge in [-0.1, -0.05) is 23.7 Å². The number of nitrogens with zero attached hydrogens (tertiary/aromatic N) is 1. The largest absolute Gasteiger partial charge is 0.488 e. The van der Waals surface area contributed by atoms with Gasteiger partial charge in [-0.05, 0) is 61.7 Å². The van der Waals surface area contributed by atoms with Crippen molar-refractivity contribution in [2.45, 2.75) is 38.4 Å². The highest BCUT2D eigenvalue weighted by atomic mass is 35.5. The highest BCUT2D eigenvalue weighted by Crippen LogP contribution is 2.41. The molecule has 5 nitrogen and oxygen atoms in total. The molecule has 0 saturated carbocycles.